The lowest BCUT2D eigenvalue weighted by molar-refractivity contribution is -0.122. The normalized spacial score (nSPS) is 13.2. The number of aromatic amines is 1. The smallest absolute Gasteiger partial charge is 0.259 e. The summed E-state index contributed by atoms with van der Waals surface area (Å²) in [5.41, 5.74) is 4.96. The van der Waals surface area contributed by atoms with Crippen molar-refractivity contribution < 1.29 is 14.3 Å². The van der Waals surface area contributed by atoms with E-state index in [0.717, 1.165) is 33.8 Å². The van der Waals surface area contributed by atoms with Gasteiger partial charge in [-0.3, -0.25) is 14.9 Å². The number of aliphatic imine (C=N–C) groups is 1. The second-order valence-electron chi connectivity index (χ2n) is 9.30. The number of amides is 2. The van der Waals surface area contributed by atoms with Gasteiger partial charge >= 0.3 is 0 Å². The first-order chi connectivity index (χ1) is 19.1. The fourth-order valence-corrected chi connectivity index (χ4v) is 5.20. The molecule has 3 aromatic carbocycles. The second kappa shape index (κ2) is 10.5. The van der Waals surface area contributed by atoms with Gasteiger partial charge in [0.1, 0.15) is 12.4 Å². The average molecular weight is 533 g/mol. The number of thiocarbonyl (C=S) groups is 1. The highest BCUT2D eigenvalue weighted by Crippen LogP contribution is 2.39. The molecule has 0 saturated heterocycles. The van der Waals surface area contributed by atoms with Crippen LogP contribution in [-0.4, -0.2) is 33.1 Å². The van der Waals surface area contributed by atoms with Crippen LogP contribution in [-0.2, 0) is 22.7 Å². The number of aromatic nitrogens is 2. The fraction of sp³-hybridized carbons (Fsp3) is 0.129. The number of aryl methyl sites for hydroxylation is 1. The lowest BCUT2D eigenvalue weighted by Crippen LogP contribution is -2.22. The standard InChI is InChI=1S/C31H24N4O3S/c36-30-28(24-16-33-26-10-5-4-9-22(24)26)29(31(37)34-30)25-17-35(14-6-13-32-19-39)27-12-11-21(15-23(25)27)38-18-20-7-2-1-3-8-20/h1-5,7-12,15-17,33H,6,13-14,18H2,(H,34,36,37). The molecule has 0 atom stereocenters. The molecule has 0 unspecified atom stereocenters. The van der Waals surface area contributed by atoms with Gasteiger partial charge in [0.25, 0.3) is 11.8 Å². The lowest BCUT2D eigenvalue weighted by atomic mass is 9.95. The van der Waals surface area contributed by atoms with Crippen molar-refractivity contribution in [2.24, 2.45) is 4.99 Å². The van der Waals surface area contributed by atoms with Crippen LogP contribution in [0.2, 0.25) is 0 Å². The highest BCUT2D eigenvalue weighted by Gasteiger charge is 2.35. The van der Waals surface area contributed by atoms with E-state index in [1.807, 2.05) is 79.0 Å². The Morgan fingerprint density at radius 2 is 1.67 bits per heavy atom. The van der Waals surface area contributed by atoms with Gasteiger partial charge in [-0.2, -0.15) is 0 Å². The number of ether oxygens (including phenoxy) is 1. The minimum Gasteiger partial charge on any atom is -0.489 e. The van der Waals surface area contributed by atoms with E-state index in [-0.39, 0.29) is 0 Å². The number of imide groups is 1. The zero-order valence-corrected chi connectivity index (χ0v) is 21.8. The first-order valence-corrected chi connectivity index (χ1v) is 13.0. The third kappa shape index (κ3) is 4.68. The van der Waals surface area contributed by atoms with Crippen LogP contribution in [0.3, 0.4) is 0 Å². The number of hydrogen-bond acceptors (Lipinski definition) is 5. The van der Waals surface area contributed by atoms with Crippen LogP contribution < -0.4 is 10.1 Å². The van der Waals surface area contributed by atoms with Gasteiger partial charge in [0, 0.05) is 51.9 Å². The minimum absolute atomic E-state index is 0.352. The quantitative estimate of drug-likeness (QED) is 0.109. The van der Waals surface area contributed by atoms with Crippen LogP contribution in [0.5, 0.6) is 5.75 Å². The van der Waals surface area contributed by atoms with Gasteiger partial charge in [0.05, 0.1) is 22.9 Å². The van der Waals surface area contributed by atoms with E-state index >= 15 is 0 Å². The zero-order valence-electron chi connectivity index (χ0n) is 20.9. The number of carbonyl (C=O) groups is 2. The summed E-state index contributed by atoms with van der Waals surface area (Å²) in [4.78, 5) is 33.7. The monoisotopic (exact) mass is 532 g/mol. The third-order valence-electron chi connectivity index (χ3n) is 6.89. The van der Waals surface area contributed by atoms with Gasteiger partial charge in [-0.25, -0.2) is 4.99 Å². The van der Waals surface area contributed by atoms with Gasteiger partial charge in [-0.1, -0.05) is 48.5 Å². The molecule has 1 aliphatic rings. The van der Waals surface area contributed by atoms with Gasteiger partial charge in [-0.15, -0.1) is 0 Å². The van der Waals surface area contributed by atoms with E-state index in [0.29, 0.717) is 47.7 Å². The number of nitrogens with one attached hydrogen (secondary N) is 2. The SMILES string of the molecule is O=C1NC(=O)C(c2cn(CCCN=C=S)c3ccc(OCc4ccccc4)cc23)=C1c1c[nH]c2ccccc12. The molecular weight excluding hydrogens is 508 g/mol. The van der Waals surface area contributed by atoms with Gasteiger partial charge in [-0.05, 0) is 48.5 Å². The molecule has 1 aliphatic heterocycles. The maximum absolute atomic E-state index is 13.3. The van der Waals surface area contributed by atoms with Crippen LogP contribution >= 0.6 is 12.2 Å². The van der Waals surface area contributed by atoms with Crippen molar-refractivity contribution in [1.29, 1.82) is 0 Å². The molecule has 192 valence electrons. The largest absolute Gasteiger partial charge is 0.489 e. The average Bonchev–Trinajstić information content (AvgIpc) is 3.62. The van der Waals surface area contributed by atoms with Crippen molar-refractivity contribution in [1.82, 2.24) is 14.9 Å². The van der Waals surface area contributed by atoms with Gasteiger partial charge in [0.2, 0.25) is 0 Å². The number of carbonyl (C=O) groups excluding carboxylic acids is 2. The summed E-state index contributed by atoms with van der Waals surface area (Å²) in [6.07, 6.45) is 4.47. The molecule has 3 heterocycles. The predicted octanol–water partition coefficient (Wildman–Crippen LogP) is 5.76. The number of H-pyrrole nitrogens is 1. The summed E-state index contributed by atoms with van der Waals surface area (Å²) in [6.45, 7) is 1.63. The van der Waals surface area contributed by atoms with Crippen LogP contribution in [0.4, 0.5) is 0 Å². The van der Waals surface area contributed by atoms with Crippen molar-refractivity contribution in [3.8, 4) is 5.75 Å². The first-order valence-electron chi connectivity index (χ1n) is 12.6. The van der Waals surface area contributed by atoms with Crippen molar-refractivity contribution in [3.05, 3.63) is 102 Å². The van der Waals surface area contributed by atoms with Gasteiger partial charge < -0.3 is 14.3 Å². The van der Waals surface area contributed by atoms with E-state index in [2.05, 4.69) is 25.0 Å². The molecule has 2 aromatic heterocycles. The van der Waals surface area contributed by atoms with Crippen LogP contribution in [0.1, 0.15) is 23.1 Å². The number of para-hydroxylation sites is 1. The number of fused-ring (bicyclic) bond motifs is 2. The molecule has 0 radical (unpaired) electrons. The van der Waals surface area contributed by atoms with Crippen molar-refractivity contribution in [2.75, 3.05) is 6.54 Å². The topological polar surface area (TPSA) is 88.5 Å². The number of rotatable bonds is 9. The van der Waals surface area contributed by atoms with Crippen molar-refractivity contribution in [3.63, 3.8) is 0 Å². The van der Waals surface area contributed by atoms with Crippen LogP contribution in [0.15, 0.2) is 90.2 Å². The molecule has 0 saturated carbocycles. The number of benzene rings is 3. The van der Waals surface area contributed by atoms with Gasteiger partial charge in [0.15, 0.2) is 0 Å². The molecule has 2 N–H and O–H groups in total. The van der Waals surface area contributed by atoms with Crippen molar-refractivity contribution in [2.45, 2.75) is 19.6 Å². The summed E-state index contributed by atoms with van der Waals surface area (Å²) in [6, 6.07) is 23.5. The molecule has 8 heteroatoms. The van der Waals surface area contributed by atoms with Crippen LogP contribution in [0.25, 0.3) is 33.0 Å². The Balaban J connectivity index is 1.49. The Morgan fingerprint density at radius 3 is 2.49 bits per heavy atom. The third-order valence-corrected chi connectivity index (χ3v) is 7.02. The Labute approximate surface area is 229 Å². The summed E-state index contributed by atoms with van der Waals surface area (Å²) in [5.74, 6) is -0.151. The molecule has 7 nitrogen and oxygen atoms in total. The molecule has 5 aromatic rings. The highest BCUT2D eigenvalue weighted by atomic mass is 32.1. The lowest BCUT2D eigenvalue weighted by Gasteiger charge is -2.08. The molecule has 6 rings (SSSR count). The summed E-state index contributed by atoms with van der Waals surface area (Å²) in [5, 5.41) is 6.63. The molecule has 0 fully saturated rings. The molecule has 0 bridgehead atoms. The summed E-state index contributed by atoms with van der Waals surface area (Å²) < 4.78 is 8.20. The highest BCUT2D eigenvalue weighted by molar-refractivity contribution is 7.78. The molecule has 0 spiro atoms. The number of nitrogens with zero attached hydrogens (tertiary/aromatic N) is 2. The maximum Gasteiger partial charge on any atom is 0.259 e. The Morgan fingerprint density at radius 1 is 0.897 bits per heavy atom. The van der Waals surface area contributed by atoms with E-state index in [4.69, 9.17) is 17.0 Å². The molecule has 2 amide bonds. The second-order valence-corrected chi connectivity index (χ2v) is 9.48. The molecule has 39 heavy (non-hydrogen) atoms. The first kappa shape index (κ1) is 24.6. The zero-order chi connectivity index (χ0) is 26.8. The minimum atomic E-state index is -0.416. The predicted molar refractivity (Wildman–Crippen MR) is 155 cm³/mol. The van der Waals surface area contributed by atoms with E-state index in [1.165, 1.54) is 0 Å². The Kier molecular flexibility index (Phi) is 6.63. The fourth-order valence-electron chi connectivity index (χ4n) is 5.10. The number of hydrogen-bond donors (Lipinski definition) is 2. The van der Waals surface area contributed by atoms with Crippen molar-refractivity contribution >= 4 is 62.1 Å². The number of isothiocyanates is 1. The summed E-state index contributed by atoms with van der Waals surface area (Å²) in [7, 11) is 0. The van der Waals surface area contributed by atoms with Crippen LogP contribution in [0, 0.1) is 0 Å². The van der Waals surface area contributed by atoms with E-state index in [1.54, 1.807) is 6.20 Å². The molecular formula is C31H24N4O3S. The van der Waals surface area contributed by atoms with E-state index < -0.39 is 11.8 Å². The van der Waals surface area contributed by atoms with E-state index in [9.17, 15) is 9.59 Å². The summed E-state index contributed by atoms with van der Waals surface area (Å²) >= 11 is 4.70. The maximum atomic E-state index is 13.3. The Hall–Kier alpha value is -4.78. The Bertz CT molecular complexity index is 1810. The molecule has 0 aliphatic carbocycles.